The lowest BCUT2D eigenvalue weighted by molar-refractivity contribution is -0.141. The molecule has 0 fully saturated rings. The molecule has 0 saturated carbocycles. The van der Waals surface area contributed by atoms with E-state index in [-0.39, 0.29) is 17.9 Å². The van der Waals surface area contributed by atoms with E-state index < -0.39 is 48.4 Å². The maximum atomic E-state index is 12.2. The van der Waals surface area contributed by atoms with Gasteiger partial charge < -0.3 is 31.9 Å². The van der Waals surface area contributed by atoms with Gasteiger partial charge in [0.1, 0.15) is 17.8 Å². The van der Waals surface area contributed by atoms with Crippen molar-refractivity contribution in [3.8, 4) is 5.75 Å². The van der Waals surface area contributed by atoms with Gasteiger partial charge >= 0.3 is 5.97 Å². The molecule has 1 aromatic carbocycles. The summed E-state index contributed by atoms with van der Waals surface area (Å²) < 4.78 is 0. The number of carbonyl (C=O) groups is 4. The molecule has 11 heteroatoms. The van der Waals surface area contributed by atoms with Gasteiger partial charge in [0.05, 0.1) is 12.6 Å². The van der Waals surface area contributed by atoms with E-state index in [2.05, 4.69) is 28.6 Å². The number of phenolic OH excluding ortho intramolecular Hbond substituents is 1. The van der Waals surface area contributed by atoms with Gasteiger partial charge in [0.15, 0.2) is 0 Å². The summed E-state index contributed by atoms with van der Waals surface area (Å²) in [6.45, 7) is 0.838. The first-order chi connectivity index (χ1) is 13.1. The van der Waals surface area contributed by atoms with Crippen molar-refractivity contribution < 1.29 is 29.4 Å². The number of aliphatic carboxylic acids is 1. The Labute approximate surface area is 167 Å². The molecular weight excluding hydrogens is 388 g/mol. The standard InChI is InChI=1S/C17H24N4O6S/c1-9(17(26)27)20-14(23)7-19-16(25)13(8-28)21-15(24)12(18)6-10-2-4-11(22)5-3-10/h2-5,9,12-13,22,28H,6-8,18H2,1H3,(H,19,25)(H,20,23)(H,21,24)(H,26,27). The van der Waals surface area contributed by atoms with Crippen LogP contribution >= 0.6 is 12.6 Å². The van der Waals surface area contributed by atoms with Crippen LogP contribution in [-0.2, 0) is 25.6 Å². The third kappa shape index (κ3) is 7.84. The minimum Gasteiger partial charge on any atom is -0.508 e. The number of phenols is 1. The van der Waals surface area contributed by atoms with Crippen LogP contribution in [0.25, 0.3) is 0 Å². The highest BCUT2D eigenvalue weighted by molar-refractivity contribution is 7.80. The Kier molecular flexibility index (Phi) is 9.25. The molecule has 1 aromatic rings. The maximum absolute atomic E-state index is 12.2. The largest absolute Gasteiger partial charge is 0.508 e. The highest BCUT2D eigenvalue weighted by Gasteiger charge is 2.23. The molecule has 0 radical (unpaired) electrons. The molecule has 0 heterocycles. The van der Waals surface area contributed by atoms with Crippen LogP contribution in [0.4, 0.5) is 0 Å². The summed E-state index contributed by atoms with van der Waals surface area (Å²) in [5.41, 5.74) is 6.58. The Morgan fingerprint density at radius 1 is 1.11 bits per heavy atom. The number of aromatic hydroxyl groups is 1. The molecule has 28 heavy (non-hydrogen) atoms. The lowest BCUT2D eigenvalue weighted by atomic mass is 10.1. The van der Waals surface area contributed by atoms with Gasteiger partial charge in [-0.25, -0.2) is 0 Å². The average Bonchev–Trinajstić information content (AvgIpc) is 2.65. The molecule has 3 amide bonds. The number of amides is 3. The predicted molar refractivity (Wildman–Crippen MR) is 104 cm³/mol. The summed E-state index contributed by atoms with van der Waals surface area (Å²) in [6.07, 6.45) is 0.197. The minimum absolute atomic E-state index is 0.0311. The van der Waals surface area contributed by atoms with E-state index in [0.717, 1.165) is 5.56 Å². The number of carboxylic acid groups (broad SMARTS) is 1. The Morgan fingerprint density at radius 2 is 1.71 bits per heavy atom. The van der Waals surface area contributed by atoms with Crippen LogP contribution in [0.3, 0.4) is 0 Å². The molecule has 154 valence electrons. The maximum Gasteiger partial charge on any atom is 0.325 e. The number of benzene rings is 1. The molecule has 7 N–H and O–H groups in total. The van der Waals surface area contributed by atoms with E-state index in [1.54, 1.807) is 12.1 Å². The van der Waals surface area contributed by atoms with Gasteiger partial charge in [0.2, 0.25) is 17.7 Å². The van der Waals surface area contributed by atoms with Gasteiger partial charge in [-0.2, -0.15) is 12.6 Å². The predicted octanol–water partition coefficient (Wildman–Crippen LogP) is -1.62. The highest BCUT2D eigenvalue weighted by Crippen LogP contribution is 2.11. The Morgan fingerprint density at radius 3 is 2.25 bits per heavy atom. The third-order valence-electron chi connectivity index (χ3n) is 3.72. The van der Waals surface area contributed by atoms with Crippen LogP contribution in [0.2, 0.25) is 0 Å². The van der Waals surface area contributed by atoms with E-state index in [1.165, 1.54) is 19.1 Å². The first-order valence-electron chi connectivity index (χ1n) is 8.38. The molecule has 3 atom stereocenters. The van der Waals surface area contributed by atoms with Crippen molar-refractivity contribution >= 4 is 36.3 Å². The SMILES string of the molecule is CC(NC(=O)CNC(=O)C(CS)NC(=O)C(N)Cc1ccc(O)cc1)C(=O)O. The van der Waals surface area contributed by atoms with Crippen LogP contribution < -0.4 is 21.7 Å². The number of rotatable bonds is 10. The number of hydrogen-bond acceptors (Lipinski definition) is 7. The van der Waals surface area contributed by atoms with Gasteiger partial charge in [0.25, 0.3) is 0 Å². The fourth-order valence-corrected chi connectivity index (χ4v) is 2.35. The van der Waals surface area contributed by atoms with E-state index in [4.69, 9.17) is 10.8 Å². The van der Waals surface area contributed by atoms with Crippen LogP contribution in [-0.4, -0.2) is 64.3 Å². The van der Waals surface area contributed by atoms with Crippen molar-refractivity contribution in [2.75, 3.05) is 12.3 Å². The van der Waals surface area contributed by atoms with Crippen molar-refractivity contribution in [3.05, 3.63) is 29.8 Å². The summed E-state index contributed by atoms with van der Waals surface area (Å²) >= 11 is 4.01. The van der Waals surface area contributed by atoms with Crippen molar-refractivity contribution in [1.29, 1.82) is 0 Å². The van der Waals surface area contributed by atoms with Gasteiger partial charge in [-0.15, -0.1) is 0 Å². The molecule has 0 spiro atoms. The summed E-state index contributed by atoms with van der Waals surface area (Å²) in [7, 11) is 0. The number of thiol groups is 1. The van der Waals surface area contributed by atoms with E-state index in [9.17, 15) is 24.3 Å². The number of carbonyl (C=O) groups excluding carboxylic acids is 3. The molecule has 0 saturated heterocycles. The molecule has 0 aliphatic heterocycles. The Balaban J connectivity index is 2.51. The molecule has 10 nitrogen and oxygen atoms in total. The van der Waals surface area contributed by atoms with Gasteiger partial charge in [0, 0.05) is 5.75 Å². The Hall–Kier alpha value is -2.79. The highest BCUT2D eigenvalue weighted by atomic mass is 32.1. The van der Waals surface area contributed by atoms with E-state index in [1.807, 2.05) is 0 Å². The van der Waals surface area contributed by atoms with Gasteiger partial charge in [-0.1, -0.05) is 12.1 Å². The lowest BCUT2D eigenvalue weighted by Crippen LogP contribution is -2.54. The molecule has 0 aliphatic carbocycles. The summed E-state index contributed by atoms with van der Waals surface area (Å²) in [5, 5.41) is 24.9. The van der Waals surface area contributed by atoms with Gasteiger partial charge in [-0.3, -0.25) is 19.2 Å². The average molecular weight is 412 g/mol. The van der Waals surface area contributed by atoms with Crippen LogP contribution in [0.1, 0.15) is 12.5 Å². The molecular formula is C17H24N4O6S. The normalized spacial score (nSPS) is 13.7. The van der Waals surface area contributed by atoms with E-state index >= 15 is 0 Å². The smallest absolute Gasteiger partial charge is 0.325 e. The summed E-state index contributed by atoms with van der Waals surface area (Å²) in [4.78, 5) is 46.6. The number of nitrogens with one attached hydrogen (secondary N) is 3. The summed E-state index contributed by atoms with van der Waals surface area (Å²) in [6, 6.07) is 3.15. The zero-order valence-corrected chi connectivity index (χ0v) is 16.1. The molecule has 1 rings (SSSR count). The second-order valence-corrected chi connectivity index (χ2v) is 6.43. The fourth-order valence-electron chi connectivity index (χ4n) is 2.10. The number of nitrogens with two attached hydrogens (primary N) is 1. The van der Waals surface area contributed by atoms with Crippen LogP contribution in [0.5, 0.6) is 5.75 Å². The lowest BCUT2D eigenvalue weighted by Gasteiger charge is -2.19. The molecule has 0 bridgehead atoms. The third-order valence-corrected chi connectivity index (χ3v) is 4.08. The number of carboxylic acids is 1. The van der Waals surface area contributed by atoms with Gasteiger partial charge in [-0.05, 0) is 31.0 Å². The van der Waals surface area contributed by atoms with Crippen molar-refractivity contribution in [2.24, 2.45) is 5.73 Å². The van der Waals surface area contributed by atoms with Crippen molar-refractivity contribution in [2.45, 2.75) is 31.5 Å². The van der Waals surface area contributed by atoms with Crippen molar-refractivity contribution in [3.63, 3.8) is 0 Å². The molecule has 3 unspecified atom stereocenters. The first-order valence-corrected chi connectivity index (χ1v) is 9.01. The topological polar surface area (TPSA) is 171 Å². The zero-order chi connectivity index (χ0) is 21.3. The second kappa shape index (κ2) is 11.1. The zero-order valence-electron chi connectivity index (χ0n) is 15.2. The van der Waals surface area contributed by atoms with Crippen LogP contribution in [0.15, 0.2) is 24.3 Å². The van der Waals surface area contributed by atoms with Crippen molar-refractivity contribution in [1.82, 2.24) is 16.0 Å². The number of hydrogen-bond donors (Lipinski definition) is 7. The first kappa shape index (κ1) is 23.2. The van der Waals surface area contributed by atoms with E-state index in [0.29, 0.717) is 0 Å². The molecule has 0 aliphatic rings. The second-order valence-electron chi connectivity index (χ2n) is 6.07. The summed E-state index contributed by atoms with van der Waals surface area (Å²) in [5.74, 6) is -3.06. The quantitative estimate of drug-likeness (QED) is 0.226. The fraction of sp³-hybridized carbons (Fsp3) is 0.412. The monoisotopic (exact) mass is 412 g/mol. The Bertz CT molecular complexity index is 712. The minimum atomic E-state index is -1.21. The van der Waals surface area contributed by atoms with Crippen LogP contribution in [0, 0.1) is 0 Å². The molecule has 0 aromatic heterocycles.